The molecule has 1 saturated heterocycles. The Kier molecular flexibility index (Phi) is 4.58. The minimum atomic E-state index is -0.878. The van der Waals surface area contributed by atoms with Crippen LogP contribution in [0.5, 0.6) is 0 Å². The molecule has 1 aromatic rings. The van der Waals surface area contributed by atoms with Crippen LogP contribution in [-0.4, -0.2) is 39.6 Å². The molecule has 0 amide bonds. The number of carboxylic acid groups (broad SMARTS) is 1. The zero-order valence-corrected chi connectivity index (χ0v) is 13.2. The summed E-state index contributed by atoms with van der Waals surface area (Å²) < 4.78 is 0.185. The predicted molar refractivity (Wildman–Crippen MR) is 83.9 cm³/mol. The van der Waals surface area contributed by atoms with Gasteiger partial charge in [-0.2, -0.15) is 11.8 Å². The van der Waals surface area contributed by atoms with Gasteiger partial charge in [0.1, 0.15) is 5.82 Å². The zero-order chi connectivity index (χ0) is 14.8. The van der Waals surface area contributed by atoms with Crippen molar-refractivity contribution in [2.45, 2.75) is 38.4 Å². The van der Waals surface area contributed by atoms with Crippen molar-refractivity contribution in [2.24, 2.45) is 0 Å². The highest BCUT2D eigenvalue weighted by Crippen LogP contribution is 2.32. The van der Waals surface area contributed by atoms with Gasteiger partial charge in [-0.3, -0.25) is 0 Å². The number of nitrogens with zero attached hydrogens (tertiary/aromatic N) is 2. The standard InChI is InChI=1S/C15H22N2O2S/c1-4-5-12-8-11(14(18)19)9-13(16-12)17-6-7-20-15(2,3)10-17/h8-9H,4-7,10H2,1-3H3,(H,18,19). The van der Waals surface area contributed by atoms with Crippen LogP contribution in [-0.2, 0) is 6.42 Å². The lowest BCUT2D eigenvalue weighted by Crippen LogP contribution is -2.43. The molecule has 0 spiro atoms. The number of thioether (sulfide) groups is 1. The van der Waals surface area contributed by atoms with Gasteiger partial charge in [0.15, 0.2) is 0 Å². The maximum Gasteiger partial charge on any atom is 0.335 e. The van der Waals surface area contributed by atoms with Crippen molar-refractivity contribution in [1.29, 1.82) is 0 Å². The number of pyridine rings is 1. The topological polar surface area (TPSA) is 53.4 Å². The number of hydrogen-bond donors (Lipinski definition) is 1. The lowest BCUT2D eigenvalue weighted by atomic mass is 10.1. The molecule has 1 aromatic heterocycles. The van der Waals surface area contributed by atoms with Crippen LogP contribution in [0.3, 0.4) is 0 Å². The monoisotopic (exact) mass is 294 g/mol. The van der Waals surface area contributed by atoms with Crippen molar-refractivity contribution in [3.05, 3.63) is 23.4 Å². The van der Waals surface area contributed by atoms with Gasteiger partial charge in [0.05, 0.1) is 5.56 Å². The van der Waals surface area contributed by atoms with Crippen molar-refractivity contribution >= 4 is 23.5 Å². The third-order valence-electron chi connectivity index (χ3n) is 3.37. The average Bonchev–Trinajstić information content (AvgIpc) is 2.37. The molecule has 0 atom stereocenters. The van der Waals surface area contributed by atoms with Gasteiger partial charge in [-0.1, -0.05) is 13.3 Å². The number of anilines is 1. The van der Waals surface area contributed by atoms with E-state index in [0.29, 0.717) is 5.56 Å². The van der Waals surface area contributed by atoms with Gasteiger partial charge in [0.2, 0.25) is 0 Å². The normalized spacial score (nSPS) is 18.1. The molecule has 1 N–H and O–H groups in total. The van der Waals surface area contributed by atoms with Crippen LogP contribution >= 0.6 is 11.8 Å². The van der Waals surface area contributed by atoms with E-state index in [9.17, 15) is 9.90 Å². The summed E-state index contributed by atoms with van der Waals surface area (Å²) in [6, 6.07) is 3.40. The molecule has 0 unspecified atom stereocenters. The Hall–Kier alpha value is -1.23. The summed E-state index contributed by atoms with van der Waals surface area (Å²) in [5, 5.41) is 9.25. The molecule has 2 heterocycles. The molecular formula is C15H22N2O2S. The first-order valence-corrected chi connectivity index (χ1v) is 8.03. The first-order valence-electron chi connectivity index (χ1n) is 7.04. The number of carbonyl (C=O) groups is 1. The molecule has 4 nitrogen and oxygen atoms in total. The SMILES string of the molecule is CCCc1cc(C(=O)O)cc(N2CCSC(C)(C)C2)n1. The second-order valence-electron chi connectivity index (χ2n) is 5.79. The Labute approximate surface area is 124 Å². The fourth-order valence-electron chi connectivity index (χ4n) is 2.45. The van der Waals surface area contributed by atoms with Gasteiger partial charge in [0, 0.05) is 29.3 Å². The third-order valence-corrected chi connectivity index (χ3v) is 4.66. The summed E-state index contributed by atoms with van der Waals surface area (Å²) in [5.74, 6) is 0.980. The highest BCUT2D eigenvalue weighted by atomic mass is 32.2. The van der Waals surface area contributed by atoms with Gasteiger partial charge in [-0.05, 0) is 32.4 Å². The van der Waals surface area contributed by atoms with Crippen LogP contribution in [0.4, 0.5) is 5.82 Å². The highest BCUT2D eigenvalue weighted by molar-refractivity contribution is 8.00. The molecule has 1 fully saturated rings. The van der Waals surface area contributed by atoms with Crippen LogP contribution < -0.4 is 4.90 Å². The van der Waals surface area contributed by atoms with Crippen LogP contribution in [0.2, 0.25) is 0 Å². The molecule has 0 aromatic carbocycles. The van der Waals surface area contributed by atoms with Gasteiger partial charge in [-0.25, -0.2) is 9.78 Å². The van der Waals surface area contributed by atoms with E-state index in [1.165, 1.54) is 0 Å². The summed E-state index contributed by atoms with van der Waals surface area (Å²) in [6.45, 7) is 8.35. The highest BCUT2D eigenvalue weighted by Gasteiger charge is 2.28. The van der Waals surface area contributed by atoms with Gasteiger partial charge < -0.3 is 10.0 Å². The number of carboxylic acids is 1. The van der Waals surface area contributed by atoms with Crippen molar-refractivity contribution in [3.63, 3.8) is 0 Å². The quantitative estimate of drug-likeness (QED) is 0.925. The molecular weight excluding hydrogens is 272 g/mol. The fourth-order valence-corrected chi connectivity index (χ4v) is 3.57. The van der Waals surface area contributed by atoms with Gasteiger partial charge in [0.25, 0.3) is 0 Å². The minimum Gasteiger partial charge on any atom is -0.478 e. The van der Waals surface area contributed by atoms with Gasteiger partial charge in [-0.15, -0.1) is 0 Å². The molecule has 1 aliphatic rings. The van der Waals surface area contributed by atoms with Crippen molar-refractivity contribution in [3.8, 4) is 0 Å². The Morgan fingerprint density at radius 1 is 1.50 bits per heavy atom. The number of hydrogen-bond acceptors (Lipinski definition) is 4. The maximum absolute atomic E-state index is 11.3. The number of rotatable bonds is 4. The minimum absolute atomic E-state index is 0.185. The van der Waals surface area contributed by atoms with E-state index in [0.717, 1.165) is 43.2 Å². The van der Waals surface area contributed by atoms with Crippen LogP contribution in [0, 0.1) is 0 Å². The van der Waals surface area contributed by atoms with E-state index in [-0.39, 0.29) is 4.75 Å². The molecule has 0 radical (unpaired) electrons. The number of aryl methyl sites for hydroxylation is 1. The summed E-state index contributed by atoms with van der Waals surface area (Å²) in [4.78, 5) is 18.1. The van der Waals surface area contributed by atoms with E-state index in [1.807, 2.05) is 11.8 Å². The van der Waals surface area contributed by atoms with E-state index < -0.39 is 5.97 Å². The molecule has 1 aliphatic heterocycles. The molecule has 2 rings (SSSR count). The lowest BCUT2D eigenvalue weighted by Gasteiger charge is -2.38. The smallest absolute Gasteiger partial charge is 0.335 e. The van der Waals surface area contributed by atoms with Crippen molar-refractivity contribution in [1.82, 2.24) is 4.98 Å². The Morgan fingerprint density at radius 3 is 2.85 bits per heavy atom. The summed E-state index contributed by atoms with van der Waals surface area (Å²) >= 11 is 1.96. The first kappa shape index (κ1) is 15.2. The predicted octanol–water partition coefficient (Wildman–Crippen LogP) is 3.06. The summed E-state index contributed by atoms with van der Waals surface area (Å²) in [5.41, 5.74) is 1.22. The molecule has 0 aliphatic carbocycles. The molecule has 0 bridgehead atoms. The summed E-state index contributed by atoms with van der Waals surface area (Å²) in [7, 11) is 0. The van der Waals surface area contributed by atoms with E-state index in [4.69, 9.17) is 0 Å². The van der Waals surface area contributed by atoms with Crippen LogP contribution in [0.15, 0.2) is 12.1 Å². The maximum atomic E-state index is 11.3. The zero-order valence-electron chi connectivity index (χ0n) is 12.3. The van der Waals surface area contributed by atoms with Crippen molar-refractivity contribution < 1.29 is 9.90 Å². The third kappa shape index (κ3) is 3.66. The first-order chi connectivity index (χ1) is 9.41. The largest absolute Gasteiger partial charge is 0.478 e. The summed E-state index contributed by atoms with van der Waals surface area (Å²) in [6.07, 6.45) is 1.79. The molecule has 5 heteroatoms. The Morgan fingerprint density at radius 2 is 2.25 bits per heavy atom. The second kappa shape index (κ2) is 6.04. The number of aromatic carboxylic acids is 1. The fraction of sp³-hybridized carbons (Fsp3) is 0.600. The second-order valence-corrected chi connectivity index (χ2v) is 7.59. The molecule has 110 valence electrons. The van der Waals surface area contributed by atoms with Crippen LogP contribution in [0.1, 0.15) is 43.2 Å². The van der Waals surface area contributed by atoms with E-state index in [1.54, 1.807) is 12.1 Å². The number of aromatic nitrogens is 1. The van der Waals surface area contributed by atoms with Crippen LogP contribution in [0.25, 0.3) is 0 Å². The molecule has 20 heavy (non-hydrogen) atoms. The molecule has 0 saturated carbocycles. The van der Waals surface area contributed by atoms with Gasteiger partial charge >= 0.3 is 5.97 Å². The Bertz CT molecular complexity index is 503. The van der Waals surface area contributed by atoms with E-state index in [2.05, 4.69) is 30.7 Å². The van der Waals surface area contributed by atoms with E-state index >= 15 is 0 Å². The Balaban J connectivity index is 2.32. The lowest BCUT2D eigenvalue weighted by molar-refractivity contribution is 0.0696. The van der Waals surface area contributed by atoms with Crippen molar-refractivity contribution in [2.75, 3.05) is 23.7 Å². The average molecular weight is 294 g/mol.